The number of aromatic amines is 2. The summed E-state index contributed by atoms with van der Waals surface area (Å²) in [5, 5.41) is 8.21. The summed E-state index contributed by atoms with van der Waals surface area (Å²) in [4.78, 5) is 57.5. The molecule has 34 heavy (non-hydrogen) atoms. The zero-order chi connectivity index (χ0) is 23.7. The number of rotatable bonds is 2. The number of azo groups is 1. The van der Waals surface area contributed by atoms with Gasteiger partial charge in [0.15, 0.2) is 22.7 Å². The summed E-state index contributed by atoms with van der Waals surface area (Å²) in [5.74, 6) is 0. The first-order valence-electron chi connectivity index (χ1n) is 10.2. The minimum absolute atomic E-state index is 0.149. The Labute approximate surface area is 187 Å². The Morgan fingerprint density at radius 3 is 1.41 bits per heavy atom. The molecule has 0 amide bonds. The molecule has 168 valence electrons. The fourth-order valence-electron chi connectivity index (χ4n) is 4.16. The van der Waals surface area contributed by atoms with Gasteiger partial charge >= 0.3 is 11.4 Å². The lowest BCUT2D eigenvalue weighted by Crippen LogP contribution is -2.35. The Morgan fingerprint density at radius 2 is 1.00 bits per heavy atom. The van der Waals surface area contributed by atoms with E-state index in [0.717, 1.165) is 9.13 Å². The number of aromatic nitrogens is 6. The predicted octanol–water partition coefficient (Wildman–Crippen LogP) is 1.69. The van der Waals surface area contributed by atoms with E-state index in [1.807, 2.05) is 0 Å². The molecule has 0 unspecified atom stereocenters. The summed E-state index contributed by atoms with van der Waals surface area (Å²) in [6.07, 6.45) is 0. The van der Waals surface area contributed by atoms with Crippen LogP contribution in [0.2, 0.25) is 0 Å². The van der Waals surface area contributed by atoms with Crippen LogP contribution >= 0.6 is 0 Å². The summed E-state index contributed by atoms with van der Waals surface area (Å²) < 4.78 is 4.51. The third-order valence-corrected chi connectivity index (χ3v) is 5.91. The van der Waals surface area contributed by atoms with Gasteiger partial charge in [0.2, 0.25) is 0 Å². The largest absolute Gasteiger partial charge is 0.337 e. The maximum Gasteiger partial charge on any atom is 0.337 e. The van der Waals surface area contributed by atoms with Crippen molar-refractivity contribution in [3.05, 3.63) is 90.2 Å². The maximum absolute atomic E-state index is 12.9. The highest BCUT2D eigenvalue weighted by Crippen LogP contribution is 2.24. The van der Waals surface area contributed by atoms with Crippen molar-refractivity contribution >= 4 is 44.7 Å². The molecule has 0 spiro atoms. The lowest BCUT2D eigenvalue weighted by molar-refractivity contribution is 0.758. The van der Waals surface area contributed by atoms with E-state index in [2.05, 4.69) is 20.2 Å². The molecule has 0 radical (unpaired) electrons. The molecular weight excluding hydrogens is 440 g/mol. The van der Waals surface area contributed by atoms with Crippen molar-refractivity contribution in [2.24, 2.45) is 24.3 Å². The minimum Gasteiger partial charge on any atom is -0.337 e. The van der Waals surface area contributed by atoms with Gasteiger partial charge in [0.1, 0.15) is 0 Å². The SMILES string of the molecule is Cn1c(=O)c(N=Nc2c(=O)n(C)c(=O)n3c2[nH]c2ccccc23)c2[nH]c3ccccc3n2c1=O. The van der Waals surface area contributed by atoms with E-state index >= 15 is 0 Å². The molecule has 6 rings (SSSR count). The summed E-state index contributed by atoms with van der Waals surface area (Å²) in [6, 6.07) is 14.1. The Morgan fingerprint density at radius 1 is 0.618 bits per heavy atom. The average molecular weight is 456 g/mol. The third-order valence-electron chi connectivity index (χ3n) is 5.91. The second kappa shape index (κ2) is 6.75. The van der Waals surface area contributed by atoms with Crippen molar-refractivity contribution in [3.63, 3.8) is 0 Å². The van der Waals surface area contributed by atoms with Crippen molar-refractivity contribution in [3.8, 4) is 0 Å². The number of para-hydroxylation sites is 4. The van der Waals surface area contributed by atoms with Crippen molar-refractivity contribution in [2.45, 2.75) is 0 Å². The molecule has 2 N–H and O–H groups in total. The average Bonchev–Trinajstić information content (AvgIpc) is 3.42. The van der Waals surface area contributed by atoms with Crippen molar-refractivity contribution in [1.29, 1.82) is 0 Å². The van der Waals surface area contributed by atoms with Crippen LogP contribution in [0.15, 0.2) is 77.9 Å². The van der Waals surface area contributed by atoms with Gasteiger partial charge in [0, 0.05) is 14.1 Å². The number of nitrogens with one attached hydrogen (secondary N) is 2. The van der Waals surface area contributed by atoms with Crippen LogP contribution < -0.4 is 22.5 Å². The van der Waals surface area contributed by atoms with Crippen LogP contribution in [-0.2, 0) is 14.1 Å². The summed E-state index contributed by atoms with van der Waals surface area (Å²) in [7, 11) is 2.68. The molecular formula is C22H16N8O4. The lowest BCUT2D eigenvalue weighted by atomic mass is 10.3. The van der Waals surface area contributed by atoms with E-state index in [0.29, 0.717) is 22.1 Å². The van der Waals surface area contributed by atoms with Crippen LogP contribution in [0.25, 0.3) is 33.4 Å². The molecule has 2 aromatic carbocycles. The van der Waals surface area contributed by atoms with Crippen molar-refractivity contribution < 1.29 is 0 Å². The molecule has 6 aromatic rings. The fraction of sp³-hybridized carbons (Fsp3) is 0.0909. The van der Waals surface area contributed by atoms with E-state index in [-0.39, 0.29) is 22.7 Å². The van der Waals surface area contributed by atoms with Crippen molar-refractivity contribution in [1.82, 2.24) is 27.9 Å². The molecule has 0 fully saturated rings. The molecule has 0 atom stereocenters. The predicted molar refractivity (Wildman–Crippen MR) is 126 cm³/mol. The van der Waals surface area contributed by atoms with Gasteiger partial charge in [-0.1, -0.05) is 24.3 Å². The standard InChI is InChI=1S/C22H16N8O4/c1-27-19(31)15(17-23-11-7-3-5-9-13(11)29(17)21(27)33)25-26-16-18-24-12-8-4-6-10-14(12)30(18)22(34)28(2)20(16)32/h3-10,23-24H,1-2H3. The van der Waals surface area contributed by atoms with Gasteiger partial charge in [-0.2, -0.15) is 0 Å². The second-order valence-corrected chi connectivity index (χ2v) is 7.84. The first-order valence-corrected chi connectivity index (χ1v) is 10.2. The van der Waals surface area contributed by atoms with E-state index in [9.17, 15) is 19.2 Å². The van der Waals surface area contributed by atoms with Crippen LogP contribution in [0, 0.1) is 0 Å². The molecule has 0 saturated carbocycles. The number of imidazole rings is 2. The van der Waals surface area contributed by atoms with Crippen molar-refractivity contribution in [2.75, 3.05) is 0 Å². The van der Waals surface area contributed by atoms with Crippen LogP contribution in [0.3, 0.4) is 0 Å². The van der Waals surface area contributed by atoms with E-state index in [1.54, 1.807) is 48.5 Å². The van der Waals surface area contributed by atoms with Gasteiger partial charge in [0.25, 0.3) is 11.1 Å². The van der Waals surface area contributed by atoms with Gasteiger partial charge in [-0.3, -0.25) is 18.7 Å². The Hall–Kier alpha value is -5.00. The first-order chi connectivity index (χ1) is 16.4. The third kappa shape index (κ3) is 2.47. The minimum atomic E-state index is -0.682. The monoisotopic (exact) mass is 456 g/mol. The number of hydrogen-bond acceptors (Lipinski definition) is 6. The Kier molecular flexibility index (Phi) is 3.90. The number of H-pyrrole nitrogens is 2. The fourth-order valence-corrected chi connectivity index (χ4v) is 4.16. The quantitative estimate of drug-likeness (QED) is 0.382. The Bertz CT molecular complexity index is 1930. The molecule has 0 bridgehead atoms. The molecule has 12 heteroatoms. The van der Waals surface area contributed by atoms with E-state index in [4.69, 9.17) is 0 Å². The van der Waals surface area contributed by atoms with Crippen LogP contribution in [-0.4, -0.2) is 27.9 Å². The number of fused-ring (bicyclic) bond motifs is 6. The maximum atomic E-state index is 12.9. The van der Waals surface area contributed by atoms with Gasteiger partial charge in [-0.25, -0.2) is 18.4 Å². The first kappa shape index (κ1) is 19.7. The lowest BCUT2D eigenvalue weighted by Gasteiger charge is -2.03. The van der Waals surface area contributed by atoms with Gasteiger partial charge in [-0.15, -0.1) is 10.2 Å². The molecule has 4 heterocycles. The summed E-state index contributed by atoms with van der Waals surface area (Å²) in [6.45, 7) is 0. The highest BCUT2D eigenvalue weighted by atomic mass is 16.2. The zero-order valence-corrected chi connectivity index (χ0v) is 17.9. The number of benzene rings is 2. The Balaban J connectivity index is 1.70. The summed E-state index contributed by atoms with van der Waals surface area (Å²) >= 11 is 0. The smallest absolute Gasteiger partial charge is 0.337 e. The normalized spacial score (nSPS) is 12.2. The highest BCUT2D eigenvalue weighted by Gasteiger charge is 2.19. The zero-order valence-electron chi connectivity index (χ0n) is 17.9. The van der Waals surface area contributed by atoms with E-state index < -0.39 is 22.5 Å². The van der Waals surface area contributed by atoms with Crippen LogP contribution in [0.4, 0.5) is 11.4 Å². The molecule has 0 saturated heterocycles. The molecule has 0 aliphatic rings. The summed E-state index contributed by atoms with van der Waals surface area (Å²) in [5.41, 5.74) is -0.0779. The van der Waals surface area contributed by atoms with Gasteiger partial charge in [0.05, 0.1) is 22.1 Å². The highest BCUT2D eigenvalue weighted by molar-refractivity contribution is 5.85. The van der Waals surface area contributed by atoms with E-state index in [1.165, 1.54) is 22.9 Å². The number of nitrogens with zero attached hydrogens (tertiary/aromatic N) is 6. The topological polar surface area (TPSA) is 143 Å². The van der Waals surface area contributed by atoms with Gasteiger partial charge < -0.3 is 9.97 Å². The molecule has 12 nitrogen and oxygen atoms in total. The molecule has 0 aliphatic heterocycles. The van der Waals surface area contributed by atoms with Crippen LogP contribution in [0.5, 0.6) is 0 Å². The number of hydrogen-bond donors (Lipinski definition) is 2. The second-order valence-electron chi connectivity index (χ2n) is 7.84. The molecule has 4 aromatic heterocycles. The van der Waals surface area contributed by atoms with Crippen LogP contribution in [0.1, 0.15) is 0 Å². The van der Waals surface area contributed by atoms with Gasteiger partial charge in [-0.05, 0) is 24.3 Å². The molecule has 0 aliphatic carbocycles.